The Morgan fingerprint density at radius 2 is 1.80 bits per heavy atom. The SMILES string of the molecule is Nc1ccc2c(c1)CCN(Cc1ccc3c(c1)C(=O)N(C1CCC(=O)NC1=O)C3)C2. The molecular weight excluding hydrogens is 380 g/mol. The summed E-state index contributed by atoms with van der Waals surface area (Å²) < 4.78 is 0. The molecule has 7 nitrogen and oxygen atoms in total. The van der Waals surface area contributed by atoms with Gasteiger partial charge >= 0.3 is 0 Å². The van der Waals surface area contributed by atoms with Crippen molar-refractivity contribution in [2.75, 3.05) is 12.3 Å². The zero-order chi connectivity index (χ0) is 20.8. The van der Waals surface area contributed by atoms with E-state index in [2.05, 4.69) is 28.4 Å². The Morgan fingerprint density at radius 3 is 2.63 bits per heavy atom. The molecule has 0 saturated carbocycles. The van der Waals surface area contributed by atoms with Crippen molar-refractivity contribution in [2.45, 2.75) is 44.9 Å². The molecule has 0 spiro atoms. The molecule has 30 heavy (non-hydrogen) atoms. The maximum Gasteiger partial charge on any atom is 0.255 e. The second-order valence-electron chi connectivity index (χ2n) is 8.38. The number of hydrogen-bond acceptors (Lipinski definition) is 5. The number of hydrogen-bond donors (Lipinski definition) is 2. The summed E-state index contributed by atoms with van der Waals surface area (Å²) in [5, 5.41) is 2.34. The Hall–Kier alpha value is -3.19. The Balaban J connectivity index is 1.30. The molecule has 1 unspecified atom stereocenters. The molecule has 1 atom stereocenters. The van der Waals surface area contributed by atoms with E-state index >= 15 is 0 Å². The van der Waals surface area contributed by atoms with Gasteiger partial charge in [-0.2, -0.15) is 0 Å². The minimum atomic E-state index is -0.572. The summed E-state index contributed by atoms with van der Waals surface area (Å²) in [6, 6.07) is 11.6. The first kappa shape index (κ1) is 18.8. The lowest BCUT2D eigenvalue weighted by Gasteiger charge is -2.29. The van der Waals surface area contributed by atoms with E-state index in [1.165, 1.54) is 11.1 Å². The van der Waals surface area contributed by atoms with Crippen molar-refractivity contribution >= 4 is 23.4 Å². The summed E-state index contributed by atoms with van der Waals surface area (Å²) in [5.74, 6) is -0.769. The molecule has 7 heteroatoms. The third kappa shape index (κ3) is 3.35. The Morgan fingerprint density at radius 1 is 0.967 bits per heavy atom. The van der Waals surface area contributed by atoms with Crippen molar-refractivity contribution in [3.05, 3.63) is 64.2 Å². The maximum atomic E-state index is 13.0. The smallest absolute Gasteiger partial charge is 0.255 e. The largest absolute Gasteiger partial charge is 0.399 e. The van der Waals surface area contributed by atoms with Gasteiger partial charge in [-0.3, -0.25) is 24.6 Å². The van der Waals surface area contributed by atoms with Crippen LogP contribution in [0.1, 0.15) is 45.5 Å². The highest BCUT2D eigenvalue weighted by molar-refractivity contribution is 6.05. The Bertz CT molecular complexity index is 1060. The average molecular weight is 404 g/mol. The molecule has 154 valence electrons. The second kappa shape index (κ2) is 7.25. The molecule has 1 fully saturated rings. The summed E-state index contributed by atoms with van der Waals surface area (Å²) in [4.78, 5) is 40.6. The molecule has 3 N–H and O–H groups in total. The lowest BCUT2D eigenvalue weighted by molar-refractivity contribution is -0.136. The normalized spacial score (nSPS) is 21.4. The highest BCUT2D eigenvalue weighted by atomic mass is 16.2. The first-order chi connectivity index (χ1) is 14.5. The predicted octanol–water partition coefficient (Wildman–Crippen LogP) is 1.59. The monoisotopic (exact) mass is 404 g/mol. The Labute approximate surface area is 174 Å². The van der Waals surface area contributed by atoms with Gasteiger partial charge in [-0.05, 0) is 53.3 Å². The van der Waals surface area contributed by atoms with Crippen molar-refractivity contribution in [1.82, 2.24) is 15.1 Å². The number of nitrogen functional groups attached to an aromatic ring is 1. The molecule has 2 aromatic rings. The number of amides is 3. The van der Waals surface area contributed by atoms with Crippen LogP contribution in [0.2, 0.25) is 0 Å². The van der Waals surface area contributed by atoms with Crippen LogP contribution in [0.3, 0.4) is 0 Å². The van der Waals surface area contributed by atoms with Crippen LogP contribution in [-0.2, 0) is 35.6 Å². The van der Waals surface area contributed by atoms with E-state index in [0.717, 1.165) is 42.9 Å². The van der Waals surface area contributed by atoms with Gasteiger partial charge in [0.2, 0.25) is 11.8 Å². The zero-order valence-corrected chi connectivity index (χ0v) is 16.7. The number of fused-ring (bicyclic) bond motifs is 2. The number of piperidine rings is 1. The van der Waals surface area contributed by atoms with Crippen LogP contribution < -0.4 is 11.1 Å². The molecule has 3 aliphatic heterocycles. The van der Waals surface area contributed by atoms with Gasteiger partial charge in [-0.1, -0.05) is 18.2 Å². The van der Waals surface area contributed by atoms with E-state index in [4.69, 9.17) is 5.73 Å². The van der Waals surface area contributed by atoms with Gasteiger partial charge in [0.1, 0.15) is 6.04 Å². The van der Waals surface area contributed by atoms with Crippen LogP contribution >= 0.6 is 0 Å². The Kier molecular flexibility index (Phi) is 4.55. The molecule has 0 aliphatic carbocycles. The molecule has 3 aliphatic rings. The molecule has 3 heterocycles. The van der Waals surface area contributed by atoms with Gasteiger partial charge in [0.15, 0.2) is 0 Å². The van der Waals surface area contributed by atoms with Gasteiger partial charge < -0.3 is 10.6 Å². The van der Waals surface area contributed by atoms with Crippen molar-refractivity contribution < 1.29 is 14.4 Å². The fraction of sp³-hybridized carbons (Fsp3) is 0.348. The van der Waals surface area contributed by atoms with Gasteiger partial charge in [0.25, 0.3) is 5.91 Å². The zero-order valence-electron chi connectivity index (χ0n) is 16.7. The standard InChI is InChI=1S/C23H24N4O3/c24-18-4-3-16-12-26(8-7-15(16)10-18)11-14-1-2-17-13-27(23(30)19(17)9-14)20-5-6-21(28)25-22(20)29/h1-4,9-10,20H,5-8,11-13,24H2,(H,25,28,29). The van der Waals surface area contributed by atoms with Crippen LogP contribution in [0.15, 0.2) is 36.4 Å². The summed E-state index contributed by atoms with van der Waals surface area (Å²) in [6.45, 7) is 2.99. The lowest BCUT2D eigenvalue weighted by Crippen LogP contribution is -2.52. The minimum absolute atomic E-state index is 0.124. The lowest BCUT2D eigenvalue weighted by atomic mass is 9.98. The number of nitrogens with two attached hydrogens (primary N) is 1. The van der Waals surface area contributed by atoms with Crippen LogP contribution in [0.4, 0.5) is 5.69 Å². The summed E-state index contributed by atoms with van der Waals surface area (Å²) >= 11 is 0. The molecule has 0 aromatic heterocycles. The highest BCUT2D eigenvalue weighted by Crippen LogP contribution is 2.29. The van der Waals surface area contributed by atoms with E-state index in [1.54, 1.807) is 4.90 Å². The average Bonchev–Trinajstić information content (AvgIpc) is 3.04. The number of carbonyl (C=O) groups is 3. The van der Waals surface area contributed by atoms with Crippen molar-refractivity contribution in [3.8, 4) is 0 Å². The van der Waals surface area contributed by atoms with E-state index in [-0.39, 0.29) is 24.1 Å². The van der Waals surface area contributed by atoms with Gasteiger partial charge in [0.05, 0.1) is 0 Å². The number of carbonyl (C=O) groups excluding carboxylic acids is 3. The van der Waals surface area contributed by atoms with E-state index < -0.39 is 6.04 Å². The number of imide groups is 1. The molecule has 3 amide bonds. The third-order valence-corrected chi connectivity index (χ3v) is 6.32. The van der Waals surface area contributed by atoms with Crippen molar-refractivity contribution in [1.29, 1.82) is 0 Å². The number of anilines is 1. The second-order valence-corrected chi connectivity index (χ2v) is 8.38. The van der Waals surface area contributed by atoms with Crippen molar-refractivity contribution in [2.24, 2.45) is 0 Å². The number of nitrogens with one attached hydrogen (secondary N) is 1. The van der Waals surface area contributed by atoms with Crippen LogP contribution in [0.5, 0.6) is 0 Å². The van der Waals surface area contributed by atoms with E-state index in [1.807, 2.05) is 18.2 Å². The number of benzene rings is 2. The molecule has 1 saturated heterocycles. The topological polar surface area (TPSA) is 95.7 Å². The summed E-state index contributed by atoms with van der Waals surface area (Å²) in [7, 11) is 0. The third-order valence-electron chi connectivity index (χ3n) is 6.32. The van der Waals surface area contributed by atoms with E-state index in [0.29, 0.717) is 18.5 Å². The molecule has 5 rings (SSSR count). The van der Waals surface area contributed by atoms with E-state index in [9.17, 15) is 14.4 Å². The maximum absolute atomic E-state index is 13.0. The van der Waals surface area contributed by atoms with Gasteiger partial charge in [-0.25, -0.2) is 0 Å². The predicted molar refractivity (Wildman–Crippen MR) is 111 cm³/mol. The van der Waals surface area contributed by atoms with Crippen LogP contribution in [-0.4, -0.2) is 40.1 Å². The first-order valence-electron chi connectivity index (χ1n) is 10.3. The first-order valence-corrected chi connectivity index (χ1v) is 10.3. The van der Waals surface area contributed by atoms with Crippen molar-refractivity contribution in [3.63, 3.8) is 0 Å². The van der Waals surface area contributed by atoms with Gasteiger partial charge in [-0.15, -0.1) is 0 Å². The minimum Gasteiger partial charge on any atom is -0.399 e. The number of nitrogens with zero attached hydrogens (tertiary/aromatic N) is 2. The molecular formula is C23H24N4O3. The molecule has 2 aromatic carbocycles. The fourth-order valence-electron chi connectivity index (χ4n) is 4.72. The van der Waals surface area contributed by atoms with Crippen LogP contribution in [0.25, 0.3) is 0 Å². The quantitative estimate of drug-likeness (QED) is 0.598. The molecule has 0 bridgehead atoms. The number of rotatable bonds is 3. The van der Waals surface area contributed by atoms with Gasteiger partial charge in [0, 0.05) is 43.9 Å². The summed E-state index contributed by atoms with van der Waals surface area (Å²) in [5.41, 5.74) is 12.0. The highest BCUT2D eigenvalue weighted by Gasteiger charge is 2.39. The summed E-state index contributed by atoms with van der Waals surface area (Å²) in [6.07, 6.45) is 1.62. The molecule has 0 radical (unpaired) electrons. The fourth-order valence-corrected chi connectivity index (χ4v) is 4.72. The van der Waals surface area contributed by atoms with Crippen LogP contribution in [0, 0.1) is 0 Å².